The summed E-state index contributed by atoms with van der Waals surface area (Å²) in [4.78, 5) is 14.2. The maximum absolute atomic E-state index is 12.3. The number of rotatable bonds is 6. The van der Waals surface area contributed by atoms with Gasteiger partial charge in [-0.25, -0.2) is 0 Å². The Bertz CT molecular complexity index is 509. The van der Waals surface area contributed by atoms with Gasteiger partial charge in [0.2, 0.25) is 5.91 Å². The molecular formula is C16H22Cl2N2O2. The average molecular weight is 345 g/mol. The van der Waals surface area contributed by atoms with Gasteiger partial charge in [0.15, 0.2) is 0 Å². The highest BCUT2D eigenvalue weighted by atomic mass is 35.5. The summed E-state index contributed by atoms with van der Waals surface area (Å²) in [5.74, 6) is 1.21. The van der Waals surface area contributed by atoms with E-state index in [9.17, 15) is 4.79 Å². The van der Waals surface area contributed by atoms with Gasteiger partial charge in [-0.3, -0.25) is 4.79 Å². The zero-order valence-electron chi connectivity index (χ0n) is 12.8. The summed E-state index contributed by atoms with van der Waals surface area (Å²) in [5, 5.41) is 4.03. The summed E-state index contributed by atoms with van der Waals surface area (Å²) < 4.78 is 5.58. The van der Waals surface area contributed by atoms with Crippen LogP contribution >= 0.6 is 23.2 Å². The van der Waals surface area contributed by atoms with Crippen LogP contribution in [0, 0.1) is 5.92 Å². The van der Waals surface area contributed by atoms with Crippen molar-refractivity contribution in [2.45, 2.75) is 19.3 Å². The standard InChI is InChI=1S/C16H22Cl2N2O2/c1-19-10-12-4-3-8-20(11-12)15(21)7-9-22-14-6-2-5-13(17)16(14)18/h2,5-6,12,19H,3-4,7-11H2,1H3/t12-/m0/s1. The molecule has 6 heteroatoms. The number of amides is 1. The van der Waals surface area contributed by atoms with Crippen LogP contribution in [0.2, 0.25) is 10.0 Å². The minimum atomic E-state index is 0.138. The molecule has 0 spiro atoms. The summed E-state index contributed by atoms with van der Waals surface area (Å²) in [5.41, 5.74) is 0. The predicted molar refractivity (Wildman–Crippen MR) is 89.8 cm³/mol. The Hall–Kier alpha value is -0.970. The lowest BCUT2D eigenvalue weighted by atomic mass is 9.98. The highest BCUT2D eigenvalue weighted by Crippen LogP contribution is 2.31. The summed E-state index contributed by atoms with van der Waals surface area (Å²) in [6.07, 6.45) is 2.60. The first kappa shape index (κ1) is 17.4. The number of halogens is 2. The maximum Gasteiger partial charge on any atom is 0.226 e. The lowest BCUT2D eigenvalue weighted by Crippen LogP contribution is -2.42. The van der Waals surface area contributed by atoms with E-state index in [2.05, 4.69) is 5.32 Å². The smallest absolute Gasteiger partial charge is 0.226 e. The van der Waals surface area contributed by atoms with Crippen molar-refractivity contribution in [1.29, 1.82) is 0 Å². The third-order valence-electron chi connectivity index (χ3n) is 3.85. The molecule has 0 bridgehead atoms. The van der Waals surface area contributed by atoms with Gasteiger partial charge in [-0.15, -0.1) is 0 Å². The van der Waals surface area contributed by atoms with E-state index in [-0.39, 0.29) is 5.91 Å². The summed E-state index contributed by atoms with van der Waals surface area (Å²) in [6.45, 7) is 2.94. The number of piperidine rings is 1. The van der Waals surface area contributed by atoms with Crippen LogP contribution in [0.3, 0.4) is 0 Å². The van der Waals surface area contributed by atoms with Crippen molar-refractivity contribution in [2.24, 2.45) is 5.92 Å². The van der Waals surface area contributed by atoms with Crippen LogP contribution in [0.1, 0.15) is 19.3 Å². The van der Waals surface area contributed by atoms with Gasteiger partial charge in [0, 0.05) is 13.1 Å². The number of carbonyl (C=O) groups excluding carboxylic acids is 1. The first-order valence-corrected chi connectivity index (χ1v) is 8.36. The van der Waals surface area contributed by atoms with Gasteiger partial charge >= 0.3 is 0 Å². The van der Waals surface area contributed by atoms with E-state index in [0.717, 1.165) is 26.1 Å². The quantitative estimate of drug-likeness (QED) is 0.861. The monoisotopic (exact) mass is 344 g/mol. The third-order valence-corrected chi connectivity index (χ3v) is 4.66. The molecule has 0 aliphatic carbocycles. The minimum Gasteiger partial charge on any atom is -0.491 e. The van der Waals surface area contributed by atoms with Gasteiger partial charge in [0.25, 0.3) is 0 Å². The highest BCUT2D eigenvalue weighted by molar-refractivity contribution is 6.42. The van der Waals surface area contributed by atoms with Crippen LogP contribution in [0.15, 0.2) is 18.2 Å². The molecule has 1 fully saturated rings. The van der Waals surface area contributed by atoms with E-state index in [4.69, 9.17) is 27.9 Å². The Morgan fingerprint density at radius 2 is 2.27 bits per heavy atom. The molecule has 1 saturated heterocycles. The van der Waals surface area contributed by atoms with Gasteiger partial charge in [0.1, 0.15) is 10.8 Å². The van der Waals surface area contributed by atoms with E-state index in [1.165, 1.54) is 6.42 Å². The number of benzene rings is 1. The SMILES string of the molecule is CNC[C@@H]1CCCN(C(=O)CCOc2cccc(Cl)c2Cl)C1. The van der Waals surface area contributed by atoms with Crippen molar-refractivity contribution in [2.75, 3.05) is 33.3 Å². The molecule has 1 aromatic rings. The molecule has 22 heavy (non-hydrogen) atoms. The molecule has 2 rings (SSSR count). The third kappa shape index (κ3) is 4.77. The van der Waals surface area contributed by atoms with Gasteiger partial charge in [0.05, 0.1) is 18.1 Å². The molecule has 0 saturated carbocycles. The first-order valence-electron chi connectivity index (χ1n) is 7.61. The number of hydrogen-bond donors (Lipinski definition) is 1. The predicted octanol–water partition coefficient (Wildman–Crippen LogP) is 3.22. The lowest BCUT2D eigenvalue weighted by Gasteiger charge is -2.32. The second-order valence-electron chi connectivity index (χ2n) is 5.56. The number of carbonyl (C=O) groups is 1. The highest BCUT2D eigenvalue weighted by Gasteiger charge is 2.22. The van der Waals surface area contributed by atoms with E-state index in [1.54, 1.807) is 18.2 Å². The second kappa shape index (κ2) is 8.61. The Labute approximate surface area is 141 Å². The fraction of sp³-hybridized carbons (Fsp3) is 0.562. The van der Waals surface area contributed by atoms with Crippen LogP contribution in [-0.2, 0) is 4.79 Å². The largest absolute Gasteiger partial charge is 0.491 e. The van der Waals surface area contributed by atoms with E-state index in [0.29, 0.717) is 34.7 Å². The van der Waals surface area contributed by atoms with E-state index < -0.39 is 0 Å². The zero-order chi connectivity index (χ0) is 15.9. The lowest BCUT2D eigenvalue weighted by molar-refractivity contribution is -0.133. The second-order valence-corrected chi connectivity index (χ2v) is 6.34. The Morgan fingerprint density at radius 1 is 1.45 bits per heavy atom. The van der Waals surface area contributed by atoms with Crippen LogP contribution in [0.4, 0.5) is 0 Å². The van der Waals surface area contributed by atoms with Gasteiger partial charge in [-0.2, -0.15) is 0 Å². The van der Waals surface area contributed by atoms with Crippen molar-refractivity contribution in [3.05, 3.63) is 28.2 Å². The molecule has 1 aliphatic rings. The van der Waals surface area contributed by atoms with Crippen molar-refractivity contribution in [3.63, 3.8) is 0 Å². The van der Waals surface area contributed by atoms with E-state index >= 15 is 0 Å². The number of likely N-dealkylation sites (tertiary alicyclic amines) is 1. The number of ether oxygens (including phenoxy) is 1. The molecule has 0 radical (unpaired) electrons. The van der Waals surface area contributed by atoms with Crippen molar-refractivity contribution in [1.82, 2.24) is 10.2 Å². The van der Waals surface area contributed by atoms with Crippen molar-refractivity contribution < 1.29 is 9.53 Å². The van der Waals surface area contributed by atoms with Crippen LogP contribution < -0.4 is 10.1 Å². The maximum atomic E-state index is 12.3. The molecule has 1 aliphatic heterocycles. The van der Waals surface area contributed by atoms with Crippen molar-refractivity contribution in [3.8, 4) is 5.75 Å². The molecule has 122 valence electrons. The molecule has 4 nitrogen and oxygen atoms in total. The van der Waals surface area contributed by atoms with Crippen molar-refractivity contribution >= 4 is 29.1 Å². The Morgan fingerprint density at radius 3 is 3.05 bits per heavy atom. The topological polar surface area (TPSA) is 41.6 Å². The van der Waals surface area contributed by atoms with Crippen LogP contribution in [0.5, 0.6) is 5.75 Å². The Kier molecular flexibility index (Phi) is 6.80. The van der Waals surface area contributed by atoms with Crippen LogP contribution in [0.25, 0.3) is 0 Å². The number of nitrogens with zero attached hydrogens (tertiary/aromatic N) is 1. The summed E-state index contributed by atoms with van der Waals surface area (Å²) >= 11 is 12.0. The minimum absolute atomic E-state index is 0.138. The molecule has 1 heterocycles. The molecule has 1 N–H and O–H groups in total. The number of hydrogen-bond acceptors (Lipinski definition) is 3. The fourth-order valence-corrected chi connectivity index (χ4v) is 3.10. The van der Waals surface area contributed by atoms with Crippen LogP contribution in [-0.4, -0.2) is 44.1 Å². The fourth-order valence-electron chi connectivity index (χ4n) is 2.75. The van der Waals surface area contributed by atoms with Gasteiger partial charge in [-0.05, 0) is 44.5 Å². The Balaban J connectivity index is 1.79. The molecule has 1 atom stereocenters. The first-order chi connectivity index (χ1) is 10.6. The molecule has 1 aromatic carbocycles. The van der Waals surface area contributed by atoms with Gasteiger partial charge < -0.3 is 15.0 Å². The molecule has 1 amide bonds. The molecule has 0 unspecified atom stereocenters. The van der Waals surface area contributed by atoms with E-state index in [1.807, 2.05) is 11.9 Å². The molecule has 0 aromatic heterocycles. The normalized spacial score (nSPS) is 18.3. The number of nitrogens with one attached hydrogen (secondary N) is 1. The molecular weight excluding hydrogens is 323 g/mol. The average Bonchev–Trinajstić information content (AvgIpc) is 2.52. The zero-order valence-corrected chi connectivity index (χ0v) is 14.3. The summed E-state index contributed by atoms with van der Waals surface area (Å²) in [7, 11) is 1.95. The van der Waals surface area contributed by atoms with Gasteiger partial charge in [-0.1, -0.05) is 29.3 Å². The summed E-state index contributed by atoms with van der Waals surface area (Å²) in [6, 6.07) is 5.23.